The van der Waals surface area contributed by atoms with Crippen molar-refractivity contribution >= 4 is 54.3 Å². The maximum atomic E-state index is 12.1. The molecule has 25 heavy (non-hydrogen) atoms. The number of amidine groups is 1. The van der Waals surface area contributed by atoms with Gasteiger partial charge in [-0.2, -0.15) is 10.3 Å². The van der Waals surface area contributed by atoms with Gasteiger partial charge < -0.3 is 4.90 Å². The monoisotopic (exact) mass is 441 g/mol. The zero-order valence-electron chi connectivity index (χ0n) is 13.7. The molecule has 2 aliphatic heterocycles. The second kappa shape index (κ2) is 6.74. The second-order valence-corrected chi connectivity index (χ2v) is 10.5. The number of hydrogen-bond acceptors (Lipinski definition) is 5. The standard InChI is InChI=1S/C16H16BrN3O3S2/c1-9-5-11(17)6-10(2)15(9)20-12-7-25(22,23)8-13(12)24-16(20)19-14(21)3-4-18/h5-6,12-13H,3,7-8H2,1-2H3/t12-,13-/m1/s1. The minimum absolute atomic E-state index is 0.0467. The molecule has 2 atom stereocenters. The van der Waals surface area contributed by atoms with Gasteiger partial charge in [0.05, 0.1) is 23.6 Å². The van der Waals surface area contributed by atoms with Crippen LogP contribution in [0.3, 0.4) is 0 Å². The second-order valence-electron chi connectivity index (χ2n) is 6.18. The van der Waals surface area contributed by atoms with Gasteiger partial charge in [-0.05, 0) is 37.1 Å². The van der Waals surface area contributed by atoms with Crippen LogP contribution in [0.4, 0.5) is 5.69 Å². The van der Waals surface area contributed by atoms with Crippen molar-refractivity contribution < 1.29 is 13.2 Å². The highest BCUT2D eigenvalue weighted by Crippen LogP contribution is 2.43. The van der Waals surface area contributed by atoms with E-state index in [1.165, 1.54) is 11.8 Å². The van der Waals surface area contributed by atoms with E-state index in [4.69, 9.17) is 5.26 Å². The summed E-state index contributed by atoms with van der Waals surface area (Å²) in [7, 11) is -3.11. The molecule has 0 spiro atoms. The van der Waals surface area contributed by atoms with Crippen molar-refractivity contribution in [1.82, 2.24) is 0 Å². The average Bonchev–Trinajstić information content (AvgIpc) is 2.91. The van der Waals surface area contributed by atoms with Crippen LogP contribution in [0.1, 0.15) is 17.5 Å². The molecule has 9 heteroatoms. The normalized spacial score (nSPS) is 25.8. The third-order valence-electron chi connectivity index (χ3n) is 4.21. The van der Waals surface area contributed by atoms with Gasteiger partial charge in [-0.3, -0.25) is 4.79 Å². The summed E-state index contributed by atoms with van der Waals surface area (Å²) in [5.74, 6) is -0.380. The SMILES string of the molecule is Cc1cc(Br)cc(C)c1N1C(=NC(=O)CC#N)S[C@@H]2CS(=O)(=O)C[C@H]21. The van der Waals surface area contributed by atoms with Crippen molar-refractivity contribution in [3.63, 3.8) is 0 Å². The predicted molar refractivity (Wildman–Crippen MR) is 103 cm³/mol. The Hall–Kier alpha value is -1.37. The molecule has 1 aromatic carbocycles. The number of nitriles is 1. The molecule has 1 aromatic rings. The Morgan fingerprint density at radius 2 is 2.04 bits per heavy atom. The lowest BCUT2D eigenvalue weighted by atomic mass is 10.1. The fraction of sp³-hybridized carbons (Fsp3) is 0.438. The van der Waals surface area contributed by atoms with Crippen molar-refractivity contribution in [2.24, 2.45) is 4.99 Å². The van der Waals surface area contributed by atoms with Gasteiger partial charge in [0.15, 0.2) is 15.0 Å². The third-order valence-corrected chi connectivity index (χ3v) is 7.88. The first-order valence-electron chi connectivity index (χ1n) is 7.63. The lowest BCUT2D eigenvalue weighted by Gasteiger charge is -2.28. The molecule has 0 radical (unpaired) electrons. The van der Waals surface area contributed by atoms with E-state index in [9.17, 15) is 13.2 Å². The Morgan fingerprint density at radius 3 is 2.64 bits per heavy atom. The maximum Gasteiger partial charge on any atom is 0.262 e. The number of fused-ring (bicyclic) bond motifs is 1. The van der Waals surface area contributed by atoms with E-state index in [0.717, 1.165) is 21.3 Å². The molecule has 6 nitrogen and oxygen atoms in total. The lowest BCUT2D eigenvalue weighted by molar-refractivity contribution is -0.116. The fourth-order valence-electron chi connectivity index (χ4n) is 3.32. The molecule has 0 N–H and O–H groups in total. The van der Waals surface area contributed by atoms with Gasteiger partial charge >= 0.3 is 0 Å². The van der Waals surface area contributed by atoms with Gasteiger partial charge in [0.1, 0.15) is 6.42 Å². The number of hydrogen-bond donors (Lipinski definition) is 0. The number of anilines is 1. The van der Waals surface area contributed by atoms with Gasteiger partial charge in [-0.25, -0.2) is 8.42 Å². The summed E-state index contributed by atoms with van der Waals surface area (Å²) in [5, 5.41) is 9.03. The number of nitrogens with zero attached hydrogens (tertiary/aromatic N) is 3. The smallest absolute Gasteiger partial charge is 0.262 e. The van der Waals surface area contributed by atoms with Crippen LogP contribution in [0.15, 0.2) is 21.6 Å². The minimum atomic E-state index is -3.11. The largest absolute Gasteiger partial charge is 0.315 e. The molecule has 132 valence electrons. The van der Waals surface area contributed by atoms with Crippen LogP contribution in [-0.4, -0.2) is 42.3 Å². The predicted octanol–water partition coefficient (Wildman–Crippen LogP) is 2.58. The molecule has 1 amide bonds. The Kier molecular flexibility index (Phi) is 4.97. The number of aryl methyl sites for hydroxylation is 2. The van der Waals surface area contributed by atoms with Crippen LogP contribution in [0.5, 0.6) is 0 Å². The summed E-state index contributed by atoms with van der Waals surface area (Å²) in [6.07, 6.45) is -0.288. The summed E-state index contributed by atoms with van der Waals surface area (Å²) in [4.78, 5) is 17.8. The summed E-state index contributed by atoms with van der Waals surface area (Å²) in [5.41, 5.74) is 2.82. The van der Waals surface area contributed by atoms with Gasteiger partial charge in [-0.1, -0.05) is 27.7 Å². The number of rotatable bonds is 2. The number of benzene rings is 1. The summed E-state index contributed by atoms with van der Waals surface area (Å²) < 4.78 is 25.1. The summed E-state index contributed by atoms with van der Waals surface area (Å²) in [6, 6.07) is 5.47. The first kappa shape index (κ1) is 18.4. The van der Waals surface area contributed by atoms with Crippen LogP contribution >= 0.6 is 27.7 Å². The summed E-state index contributed by atoms with van der Waals surface area (Å²) >= 11 is 4.78. The minimum Gasteiger partial charge on any atom is -0.315 e. The van der Waals surface area contributed by atoms with E-state index in [1.807, 2.05) is 30.9 Å². The number of halogens is 1. The Labute approximate surface area is 159 Å². The number of aliphatic imine (C=N–C) groups is 1. The molecule has 2 heterocycles. The molecule has 0 unspecified atom stereocenters. The van der Waals surface area contributed by atoms with E-state index >= 15 is 0 Å². The van der Waals surface area contributed by atoms with E-state index in [2.05, 4.69) is 20.9 Å². The molecule has 0 aromatic heterocycles. The number of carbonyl (C=O) groups excluding carboxylic acids is 1. The zero-order chi connectivity index (χ0) is 18.4. The average molecular weight is 442 g/mol. The molecule has 0 aliphatic carbocycles. The van der Waals surface area contributed by atoms with Crippen LogP contribution in [0.25, 0.3) is 0 Å². The Balaban J connectivity index is 2.11. The molecule has 3 rings (SSSR count). The summed E-state index contributed by atoms with van der Waals surface area (Å²) in [6.45, 7) is 3.90. The molecule has 2 saturated heterocycles. The van der Waals surface area contributed by atoms with Gasteiger partial charge in [0.25, 0.3) is 5.91 Å². The van der Waals surface area contributed by atoms with Crippen LogP contribution in [-0.2, 0) is 14.6 Å². The van der Waals surface area contributed by atoms with Crippen molar-refractivity contribution in [3.8, 4) is 6.07 Å². The van der Waals surface area contributed by atoms with Crippen LogP contribution < -0.4 is 4.90 Å². The number of carbonyl (C=O) groups is 1. The fourth-order valence-corrected chi connectivity index (χ4v) is 7.93. The van der Waals surface area contributed by atoms with E-state index in [1.54, 1.807) is 6.07 Å². The third kappa shape index (κ3) is 3.61. The quantitative estimate of drug-likeness (QED) is 0.700. The number of thioether (sulfide) groups is 1. The molecule has 0 bridgehead atoms. The molecule has 2 fully saturated rings. The van der Waals surface area contributed by atoms with E-state index < -0.39 is 15.7 Å². The van der Waals surface area contributed by atoms with E-state index in [-0.39, 0.29) is 29.2 Å². The Morgan fingerprint density at radius 1 is 1.40 bits per heavy atom. The van der Waals surface area contributed by atoms with Gasteiger partial charge in [-0.15, -0.1) is 0 Å². The van der Waals surface area contributed by atoms with Crippen LogP contribution in [0, 0.1) is 25.2 Å². The first-order valence-corrected chi connectivity index (χ1v) is 11.1. The highest BCUT2D eigenvalue weighted by atomic mass is 79.9. The van der Waals surface area contributed by atoms with Crippen molar-refractivity contribution in [2.75, 3.05) is 16.4 Å². The Bertz CT molecular complexity index is 898. The van der Waals surface area contributed by atoms with Crippen molar-refractivity contribution in [3.05, 3.63) is 27.7 Å². The van der Waals surface area contributed by atoms with Crippen LogP contribution in [0.2, 0.25) is 0 Å². The topological polar surface area (TPSA) is 90.6 Å². The first-order chi connectivity index (χ1) is 11.7. The van der Waals surface area contributed by atoms with Crippen molar-refractivity contribution in [2.45, 2.75) is 31.6 Å². The maximum absolute atomic E-state index is 12.1. The zero-order valence-corrected chi connectivity index (χ0v) is 16.9. The number of amides is 1. The van der Waals surface area contributed by atoms with Crippen molar-refractivity contribution in [1.29, 1.82) is 5.26 Å². The van der Waals surface area contributed by atoms with Gasteiger partial charge in [0.2, 0.25) is 0 Å². The highest BCUT2D eigenvalue weighted by molar-refractivity contribution is 9.10. The highest BCUT2D eigenvalue weighted by Gasteiger charge is 2.50. The number of sulfone groups is 1. The van der Waals surface area contributed by atoms with E-state index in [0.29, 0.717) is 5.17 Å². The molecule has 2 aliphatic rings. The lowest BCUT2D eigenvalue weighted by Crippen LogP contribution is -2.38. The molecule has 0 saturated carbocycles. The molecular formula is C16H16BrN3O3S2. The molecular weight excluding hydrogens is 426 g/mol. The van der Waals surface area contributed by atoms with Gasteiger partial charge in [0, 0.05) is 15.4 Å².